The summed E-state index contributed by atoms with van der Waals surface area (Å²) in [6, 6.07) is 1.86. The summed E-state index contributed by atoms with van der Waals surface area (Å²) in [5, 5.41) is 23.1. The molecule has 15 heavy (non-hydrogen) atoms. The fraction of sp³-hybridized carbons (Fsp3) is 0.571. The minimum atomic E-state index is -5.08. The zero-order valence-electron chi connectivity index (χ0n) is 7.41. The summed E-state index contributed by atoms with van der Waals surface area (Å²) < 4.78 is 31.7. The van der Waals surface area contributed by atoms with Crippen molar-refractivity contribution in [2.45, 2.75) is 25.4 Å². The van der Waals surface area contributed by atoms with Crippen molar-refractivity contribution >= 4 is 11.9 Å². The third-order valence-corrected chi connectivity index (χ3v) is 0.922. The Morgan fingerprint density at radius 2 is 1.67 bits per heavy atom. The van der Waals surface area contributed by atoms with E-state index >= 15 is 0 Å². The Kier molecular flexibility index (Phi) is 7.95. The highest BCUT2D eigenvalue weighted by Gasteiger charge is 2.38. The average molecular weight is 227 g/mol. The van der Waals surface area contributed by atoms with Crippen LogP contribution in [-0.2, 0) is 9.59 Å². The van der Waals surface area contributed by atoms with Crippen LogP contribution in [0.25, 0.3) is 0 Å². The SMILES string of the molecule is N#CCCCC(=O)O.O=C(O)C(F)(F)F. The van der Waals surface area contributed by atoms with Crippen molar-refractivity contribution in [1.29, 1.82) is 5.26 Å². The molecule has 0 saturated carbocycles. The van der Waals surface area contributed by atoms with Crippen molar-refractivity contribution in [3.8, 4) is 6.07 Å². The predicted molar refractivity (Wildman–Crippen MR) is 40.8 cm³/mol. The molecule has 0 spiro atoms. The van der Waals surface area contributed by atoms with Gasteiger partial charge in [0, 0.05) is 12.8 Å². The number of aliphatic carboxylic acids is 2. The number of carbonyl (C=O) groups is 2. The first-order chi connectivity index (χ1) is 6.71. The molecule has 0 heterocycles. The maximum atomic E-state index is 10.6. The number of carboxylic acid groups (broad SMARTS) is 2. The summed E-state index contributed by atoms with van der Waals surface area (Å²) >= 11 is 0. The number of alkyl halides is 3. The highest BCUT2D eigenvalue weighted by Crippen LogP contribution is 2.13. The summed E-state index contributed by atoms with van der Waals surface area (Å²) in [4.78, 5) is 18.7. The summed E-state index contributed by atoms with van der Waals surface area (Å²) in [5.41, 5.74) is 0. The molecule has 0 aromatic rings. The molecule has 0 saturated heterocycles. The molecule has 0 radical (unpaired) electrons. The molecule has 0 rings (SSSR count). The van der Waals surface area contributed by atoms with Gasteiger partial charge in [0.25, 0.3) is 0 Å². The zero-order valence-corrected chi connectivity index (χ0v) is 7.41. The number of unbranched alkanes of at least 4 members (excludes halogenated alkanes) is 1. The Morgan fingerprint density at radius 3 is 1.87 bits per heavy atom. The highest BCUT2D eigenvalue weighted by molar-refractivity contribution is 5.73. The molecule has 8 heteroatoms. The maximum absolute atomic E-state index is 10.6. The van der Waals surface area contributed by atoms with E-state index in [1.165, 1.54) is 0 Å². The van der Waals surface area contributed by atoms with Crippen LogP contribution in [0.15, 0.2) is 0 Å². The molecule has 0 aliphatic rings. The van der Waals surface area contributed by atoms with E-state index in [1.54, 1.807) is 0 Å². The standard InChI is InChI=1S/C5H7NO2.C2HF3O2/c6-4-2-1-3-5(7)8;3-2(4,5)1(6)7/h1-3H2,(H,7,8);(H,6,7). The molecule has 0 bridgehead atoms. The van der Waals surface area contributed by atoms with Crippen molar-refractivity contribution in [3.63, 3.8) is 0 Å². The molecule has 0 unspecified atom stereocenters. The number of carboxylic acids is 2. The van der Waals surface area contributed by atoms with E-state index in [-0.39, 0.29) is 6.42 Å². The van der Waals surface area contributed by atoms with Gasteiger partial charge < -0.3 is 10.2 Å². The lowest BCUT2D eigenvalue weighted by Gasteiger charge is -1.93. The van der Waals surface area contributed by atoms with E-state index < -0.39 is 18.1 Å². The zero-order chi connectivity index (χ0) is 12.5. The smallest absolute Gasteiger partial charge is 0.481 e. The van der Waals surface area contributed by atoms with Gasteiger partial charge >= 0.3 is 18.1 Å². The van der Waals surface area contributed by atoms with E-state index in [4.69, 9.17) is 20.3 Å². The summed E-state index contributed by atoms with van der Waals surface area (Å²) in [7, 11) is 0. The predicted octanol–water partition coefficient (Wildman–Crippen LogP) is 1.40. The lowest BCUT2D eigenvalue weighted by molar-refractivity contribution is -0.192. The van der Waals surface area contributed by atoms with Gasteiger partial charge in [-0.3, -0.25) is 4.79 Å². The summed E-state index contributed by atoms with van der Waals surface area (Å²) in [6.45, 7) is 0. The lowest BCUT2D eigenvalue weighted by atomic mass is 10.2. The van der Waals surface area contributed by atoms with Gasteiger partial charge in [0.15, 0.2) is 0 Å². The van der Waals surface area contributed by atoms with Gasteiger partial charge in [0.1, 0.15) is 0 Å². The second kappa shape index (κ2) is 7.61. The van der Waals surface area contributed by atoms with Crippen molar-refractivity contribution in [2.24, 2.45) is 0 Å². The topological polar surface area (TPSA) is 98.4 Å². The largest absolute Gasteiger partial charge is 0.490 e. The molecule has 5 nitrogen and oxygen atoms in total. The van der Waals surface area contributed by atoms with Gasteiger partial charge in [-0.05, 0) is 6.42 Å². The quantitative estimate of drug-likeness (QED) is 0.710. The fourth-order valence-electron chi connectivity index (χ4n) is 0.319. The Hall–Kier alpha value is -1.78. The highest BCUT2D eigenvalue weighted by atomic mass is 19.4. The van der Waals surface area contributed by atoms with Gasteiger partial charge in [0.05, 0.1) is 6.07 Å². The fourth-order valence-corrected chi connectivity index (χ4v) is 0.319. The van der Waals surface area contributed by atoms with Crippen LogP contribution in [0.5, 0.6) is 0 Å². The van der Waals surface area contributed by atoms with Gasteiger partial charge in [-0.1, -0.05) is 0 Å². The Labute approximate surface area is 82.7 Å². The molecule has 0 aromatic heterocycles. The molecule has 0 fully saturated rings. The first-order valence-corrected chi connectivity index (χ1v) is 3.60. The maximum Gasteiger partial charge on any atom is 0.490 e. The Balaban J connectivity index is 0. The van der Waals surface area contributed by atoms with Crippen molar-refractivity contribution in [2.75, 3.05) is 0 Å². The molecular weight excluding hydrogens is 219 g/mol. The lowest BCUT2D eigenvalue weighted by Crippen LogP contribution is -2.21. The van der Waals surface area contributed by atoms with Crippen molar-refractivity contribution < 1.29 is 33.0 Å². The number of halogens is 3. The Morgan fingerprint density at radius 1 is 1.27 bits per heavy atom. The Bertz CT molecular complexity index is 256. The third-order valence-electron chi connectivity index (χ3n) is 0.922. The van der Waals surface area contributed by atoms with Gasteiger partial charge in [-0.25, -0.2) is 4.79 Å². The molecule has 86 valence electrons. The minimum absolute atomic E-state index is 0.105. The van der Waals surface area contributed by atoms with Crippen LogP contribution >= 0.6 is 0 Å². The summed E-state index contributed by atoms with van der Waals surface area (Å²) in [5.74, 6) is -3.59. The molecule has 0 amide bonds. The van der Waals surface area contributed by atoms with Crippen LogP contribution in [-0.4, -0.2) is 28.3 Å². The normalized spacial score (nSPS) is 9.47. The molecule has 0 aliphatic heterocycles. The van der Waals surface area contributed by atoms with Gasteiger partial charge in [0.2, 0.25) is 0 Å². The van der Waals surface area contributed by atoms with Crippen LogP contribution in [0.4, 0.5) is 13.2 Å². The van der Waals surface area contributed by atoms with E-state index in [2.05, 4.69) is 0 Å². The molecule has 0 aliphatic carbocycles. The van der Waals surface area contributed by atoms with E-state index in [9.17, 15) is 18.0 Å². The second-order valence-corrected chi connectivity index (χ2v) is 2.21. The van der Waals surface area contributed by atoms with Crippen LogP contribution in [0.3, 0.4) is 0 Å². The van der Waals surface area contributed by atoms with Gasteiger partial charge in [-0.2, -0.15) is 18.4 Å². The molecular formula is C7H8F3NO4. The van der Waals surface area contributed by atoms with Crippen molar-refractivity contribution in [3.05, 3.63) is 0 Å². The minimum Gasteiger partial charge on any atom is -0.481 e. The van der Waals surface area contributed by atoms with E-state index in [0.29, 0.717) is 12.8 Å². The first kappa shape index (κ1) is 15.7. The average Bonchev–Trinajstić information content (AvgIpc) is 2.03. The number of hydrogen-bond acceptors (Lipinski definition) is 3. The van der Waals surface area contributed by atoms with Crippen LogP contribution < -0.4 is 0 Å². The molecule has 0 atom stereocenters. The number of rotatable bonds is 3. The first-order valence-electron chi connectivity index (χ1n) is 3.60. The van der Waals surface area contributed by atoms with Crippen LogP contribution in [0, 0.1) is 11.3 Å². The van der Waals surface area contributed by atoms with E-state index in [1.807, 2.05) is 6.07 Å². The van der Waals surface area contributed by atoms with Crippen LogP contribution in [0.2, 0.25) is 0 Å². The summed E-state index contributed by atoms with van der Waals surface area (Å²) in [6.07, 6.45) is -4.17. The number of nitriles is 1. The van der Waals surface area contributed by atoms with E-state index in [0.717, 1.165) is 0 Å². The number of hydrogen-bond donors (Lipinski definition) is 2. The molecule has 0 aromatic carbocycles. The monoisotopic (exact) mass is 227 g/mol. The second-order valence-electron chi connectivity index (χ2n) is 2.21. The van der Waals surface area contributed by atoms with Crippen molar-refractivity contribution in [1.82, 2.24) is 0 Å². The number of nitrogens with zero attached hydrogens (tertiary/aromatic N) is 1. The van der Waals surface area contributed by atoms with Crippen LogP contribution in [0.1, 0.15) is 19.3 Å². The molecule has 2 N–H and O–H groups in total. The van der Waals surface area contributed by atoms with Gasteiger partial charge in [-0.15, -0.1) is 0 Å². The third kappa shape index (κ3) is 15.0.